The normalized spacial score (nSPS) is 30.2. The molecule has 3 N–H and O–H groups in total. The Balaban J connectivity index is 2.39. The molecule has 2 heterocycles. The summed E-state index contributed by atoms with van der Waals surface area (Å²) in [6.07, 6.45) is 4.31. The molecule has 0 aliphatic carbocycles. The van der Waals surface area contributed by atoms with Gasteiger partial charge in [0.1, 0.15) is 17.4 Å². The third kappa shape index (κ3) is 2.19. The first-order valence-corrected chi connectivity index (χ1v) is 5.73. The van der Waals surface area contributed by atoms with Crippen molar-refractivity contribution in [3.05, 3.63) is 21.7 Å². The van der Waals surface area contributed by atoms with E-state index in [0.717, 1.165) is 10.8 Å². The second-order valence-corrected chi connectivity index (χ2v) is 4.53. The van der Waals surface area contributed by atoms with Gasteiger partial charge in [0.25, 0.3) is 0 Å². The van der Waals surface area contributed by atoms with Crippen LogP contribution >= 0.6 is 11.6 Å². The zero-order valence-corrected chi connectivity index (χ0v) is 10.4. The monoisotopic (exact) mass is 286 g/mol. The van der Waals surface area contributed by atoms with Crippen molar-refractivity contribution in [2.75, 3.05) is 6.61 Å². The summed E-state index contributed by atoms with van der Waals surface area (Å²) in [6, 6.07) is 0. The van der Waals surface area contributed by atoms with E-state index in [2.05, 4.69) is 10.9 Å². The molecule has 0 unspecified atom stereocenters. The second kappa shape index (κ2) is 4.83. The van der Waals surface area contributed by atoms with Crippen molar-refractivity contribution in [3.63, 3.8) is 0 Å². The molecule has 7 nitrogen and oxygen atoms in total. The first-order valence-electron chi connectivity index (χ1n) is 5.35. The van der Waals surface area contributed by atoms with Gasteiger partial charge in [0, 0.05) is 12.6 Å². The van der Waals surface area contributed by atoms with Gasteiger partial charge in [0.15, 0.2) is 5.60 Å². The van der Waals surface area contributed by atoms with Crippen LogP contribution in [0.3, 0.4) is 0 Å². The van der Waals surface area contributed by atoms with Gasteiger partial charge >= 0.3 is 5.69 Å². The Labute approximate surface area is 113 Å². The van der Waals surface area contributed by atoms with E-state index in [1.54, 1.807) is 0 Å². The molecular weight excluding hydrogens is 276 g/mol. The number of ether oxygens (including phenoxy) is 1. The van der Waals surface area contributed by atoms with Gasteiger partial charge in [0.05, 0.1) is 6.61 Å². The van der Waals surface area contributed by atoms with Crippen LogP contribution in [0.2, 0.25) is 5.02 Å². The van der Waals surface area contributed by atoms with Crippen molar-refractivity contribution >= 4 is 11.6 Å². The lowest BCUT2D eigenvalue weighted by molar-refractivity contribution is -0.0912. The molecule has 19 heavy (non-hydrogen) atoms. The third-order valence-electron chi connectivity index (χ3n) is 2.99. The van der Waals surface area contributed by atoms with Gasteiger partial charge in [-0.25, -0.2) is 4.79 Å². The van der Waals surface area contributed by atoms with E-state index in [4.69, 9.17) is 22.8 Å². The summed E-state index contributed by atoms with van der Waals surface area (Å²) < 4.78 is 6.37. The number of aromatic hydroxyl groups is 1. The highest BCUT2D eigenvalue weighted by Gasteiger charge is 2.47. The van der Waals surface area contributed by atoms with Crippen molar-refractivity contribution in [1.82, 2.24) is 9.55 Å². The smallest absolute Gasteiger partial charge is 0.353 e. The molecule has 1 aromatic rings. The van der Waals surface area contributed by atoms with E-state index in [1.165, 1.54) is 0 Å². The molecule has 1 aliphatic rings. The van der Waals surface area contributed by atoms with Gasteiger partial charge in [-0.2, -0.15) is 4.98 Å². The highest BCUT2D eigenvalue weighted by Crippen LogP contribution is 2.36. The van der Waals surface area contributed by atoms with Crippen molar-refractivity contribution in [3.8, 4) is 18.2 Å². The van der Waals surface area contributed by atoms with Crippen LogP contribution in [0.15, 0.2) is 11.0 Å². The number of nitrogens with zero attached hydrogens (tertiary/aromatic N) is 2. The highest BCUT2D eigenvalue weighted by atomic mass is 35.5. The maximum absolute atomic E-state index is 11.6. The average molecular weight is 287 g/mol. The predicted octanol–water partition coefficient (Wildman–Crippen LogP) is -0.754. The molecule has 0 amide bonds. The van der Waals surface area contributed by atoms with Crippen LogP contribution in [0.5, 0.6) is 5.88 Å². The van der Waals surface area contributed by atoms with Crippen LogP contribution in [0.25, 0.3) is 0 Å². The zero-order chi connectivity index (χ0) is 14.2. The molecule has 0 radical (unpaired) electrons. The van der Waals surface area contributed by atoms with Crippen LogP contribution in [0, 0.1) is 12.3 Å². The second-order valence-electron chi connectivity index (χ2n) is 4.12. The molecule has 0 aromatic carbocycles. The fraction of sp³-hybridized carbons (Fsp3) is 0.455. The number of terminal acetylenes is 1. The lowest BCUT2D eigenvalue weighted by Crippen LogP contribution is -2.41. The van der Waals surface area contributed by atoms with Gasteiger partial charge in [0.2, 0.25) is 5.88 Å². The van der Waals surface area contributed by atoms with Crippen LogP contribution in [0.1, 0.15) is 12.6 Å². The zero-order valence-electron chi connectivity index (χ0n) is 9.65. The molecule has 1 aromatic heterocycles. The summed E-state index contributed by atoms with van der Waals surface area (Å²) in [5, 5.41) is 28.1. The molecule has 0 bridgehead atoms. The fourth-order valence-electron chi connectivity index (χ4n) is 1.88. The van der Waals surface area contributed by atoms with Crippen molar-refractivity contribution < 1.29 is 20.1 Å². The minimum Gasteiger partial charge on any atom is -0.492 e. The number of hydrogen-bond donors (Lipinski definition) is 3. The van der Waals surface area contributed by atoms with Gasteiger partial charge in [-0.1, -0.05) is 17.5 Å². The Morgan fingerprint density at radius 2 is 2.42 bits per heavy atom. The summed E-state index contributed by atoms with van der Waals surface area (Å²) in [7, 11) is 0. The summed E-state index contributed by atoms with van der Waals surface area (Å²) in [5.74, 6) is 1.59. The predicted molar refractivity (Wildman–Crippen MR) is 64.6 cm³/mol. The molecule has 1 fully saturated rings. The van der Waals surface area contributed by atoms with E-state index in [-0.39, 0.29) is 11.4 Å². The Bertz CT molecular complexity index is 596. The standard InChI is InChI=1S/C11H11ClN2O5/c1-2-11(5-15)7(16)3-8(19-11)14-4-6(12)9(17)13-10(14)18/h1,4,7-8,15-16H,3,5H2,(H,13,17,18)/t7-,8+,11+/m0/s1. The molecule has 3 atom stereocenters. The summed E-state index contributed by atoms with van der Waals surface area (Å²) in [5.41, 5.74) is -2.36. The number of hydrogen-bond acceptors (Lipinski definition) is 6. The van der Waals surface area contributed by atoms with E-state index >= 15 is 0 Å². The highest BCUT2D eigenvalue weighted by molar-refractivity contribution is 6.31. The van der Waals surface area contributed by atoms with Crippen LogP contribution < -0.4 is 5.69 Å². The lowest BCUT2D eigenvalue weighted by atomic mass is 9.99. The fourth-order valence-corrected chi connectivity index (χ4v) is 2.03. The average Bonchev–Trinajstić information content (AvgIpc) is 2.71. The Morgan fingerprint density at radius 3 is 2.95 bits per heavy atom. The molecule has 2 rings (SSSR count). The quantitative estimate of drug-likeness (QED) is 0.618. The summed E-state index contributed by atoms with van der Waals surface area (Å²) in [6.45, 7) is -0.588. The molecule has 0 spiro atoms. The molecule has 0 saturated carbocycles. The Hall–Kier alpha value is -1.59. The molecular formula is C11H11ClN2O5. The van der Waals surface area contributed by atoms with E-state index < -0.39 is 36.1 Å². The number of halogens is 1. The van der Waals surface area contributed by atoms with Gasteiger partial charge in [-0.05, 0) is 0 Å². The first kappa shape index (κ1) is 13.8. The van der Waals surface area contributed by atoms with Gasteiger partial charge in [-0.3, -0.25) is 4.57 Å². The number of aromatic nitrogens is 2. The maximum atomic E-state index is 11.6. The molecule has 8 heteroatoms. The topological polar surface area (TPSA) is 105 Å². The summed E-state index contributed by atoms with van der Waals surface area (Å²) in [4.78, 5) is 14.9. The van der Waals surface area contributed by atoms with Crippen LogP contribution in [-0.4, -0.2) is 43.2 Å². The maximum Gasteiger partial charge on any atom is 0.353 e. The van der Waals surface area contributed by atoms with Crippen molar-refractivity contribution in [1.29, 1.82) is 0 Å². The Kier molecular flexibility index (Phi) is 3.52. The van der Waals surface area contributed by atoms with Gasteiger partial charge in [-0.15, -0.1) is 6.42 Å². The number of aliphatic hydroxyl groups is 2. The summed E-state index contributed by atoms with van der Waals surface area (Å²) >= 11 is 5.66. The minimum absolute atomic E-state index is 0.00650. The molecule has 102 valence electrons. The van der Waals surface area contributed by atoms with E-state index in [0.29, 0.717) is 0 Å². The Morgan fingerprint density at radius 1 is 1.74 bits per heavy atom. The van der Waals surface area contributed by atoms with Crippen LogP contribution in [0.4, 0.5) is 0 Å². The number of aliphatic hydroxyl groups excluding tert-OH is 2. The third-order valence-corrected chi connectivity index (χ3v) is 3.25. The van der Waals surface area contributed by atoms with Crippen LogP contribution in [-0.2, 0) is 4.74 Å². The van der Waals surface area contributed by atoms with E-state index in [9.17, 15) is 20.1 Å². The van der Waals surface area contributed by atoms with Crippen molar-refractivity contribution in [2.45, 2.75) is 24.4 Å². The van der Waals surface area contributed by atoms with Crippen molar-refractivity contribution in [2.24, 2.45) is 0 Å². The number of rotatable bonds is 2. The van der Waals surface area contributed by atoms with E-state index in [1.807, 2.05) is 0 Å². The largest absolute Gasteiger partial charge is 0.492 e. The minimum atomic E-state index is -1.56. The van der Waals surface area contributed by atoms with Gasteiger partial charge < -0.3 is 20.1 Å². The molecule has 1 aliphatic heterocycles. The first-order chi connectivity index (χ1) is 8.93. The lowest BCUT2D eigenvalue weighted by Gasteiger charge is -2.23. The SMILES string of the molecule is C#C[C@]1(CO)O[C@@H](n2cc(Cl)c(O)nc2=O)C[C@@H]1O. The molecule has 1 saturated heterocycles.